The molecule has 21 heavy (non-hydrogen) atoms. The summed E-state index contributed by atoms with van der Waals surface area (Å²) < 4.78 is 0. The van der Waals surface area contributed by atoms with Gasteiger partial charge in [0.05, 0.1) is 0 Å². The fourth-order valence-electron chi connectivity index (χ4n) is 2.06. The van der Waals surface area contributed by atoms with E-state index in [9.17, 15) is 0 Å². The Morgan fingerprint density at radius 1 is 1.19 bits per heavy atom. The van der Waals surface area contributed by atoms with Crippen LogP contribution in [0.5, 0.6) is 0 Å². The number of nitrogens with two attached hydrogens (primary N) is 2. The molecular formula is C18H19N3. The number of benzene rings is 1. The number of nitrogen functional groups attached to an aromatic ring is 2. The summed E-state index contributed by atoms with van der Waals surface area (Å²) in [6.07, 6.45) is 9.44. The van der Waals surface area contributed by atoms with Crippen molar-refractivity contribution in [3.63, 3.8) is 0 Å². The second-order valence-electron chi connectivity index (χ2n) is 4.62. The van der Waals surface area contributed by atoms with E-state index < -0.39 is 0 Å². The maximum absolute atomic E-state index is 6.01. The normalized spacial score (nSPS) is 11.8. The highest BCUT2D eigenvalue weighted by Gasteiger charge is 2.07. The highest BCUT2D eigenvalue weighted by atomic mass is 14.8. The highest BCUT2D eigenvalue weighted by molar-refractivity contribution is 5.81. The zero-order valence-corrected chi connectivity index (χ0v) is 12.1. The van der Waals surface area contributed by atoms with Gasteiger partial charge < -0.3 is 11.5 Å². The van der Waals surface area contributed by atoms with Gasteiger partial charge in [-0.3, -0.25) is 0 Å². The minimum atomic E-state index is 0.506. The van der Waals surface area contributed by atoms with Gasteiger partial charge >= 0.3 is 0 Å². The molecule has 1 aromatic carbocycles. The smallest absolute Gasteiger partial charge is 0.131 e. The molecule has 0 aliphatic heterocycles. The van der Waals surface area contributed by atoms with Crippen molar-refractivity contribution in [2.45, 2.75) is 6.92 Å². The van der Waals surface area contributed by atoms with Gasteiger partial charge in [0.15, 0.2) is 0 Å². The van der Waals surface area contributed by atoms with Crippen LogP contribution < -0.4 is 11.5 Å². The number of nitrogens with zero attached hydrogens (tertiary/aromatic N) is 1. The largest absolute Gasteiger partial charge is 0.399 e. The lowest BCUT2D eigenvalue weighted by molar-refractivity contribution is 1.32. The summed E-state index contributed by atoms with van der Waals surface area (Å²) in [6, 6.07) is 9.64. The first-order valence-corrected chi connectivity index (χ1v) is 6.73. The van der Waals surface area contributed by atoms with Gasteiger partial charge in [-0.2, -0.15) is 0 Å². The molecule has 3 nitrogen and oxygen atoms in total. The van der Waals surface area contributed by atoms with Gasteiger partial charge in [-0.25, -0.2) is 4.98 Å². The van der Waals surface area contributed by atoms with Crippen LogP contribution in [-0.4, -0.2) is 4.98 Å². The molecule has 0 unspecified atom stereocenters. The molecule has 4 N–H and O–H groups in total. The number of allylic oxidation sites excluding steroid dienone is 5. The van der Waals surface area contributed by atoms with E-state index in [2.05, 4.69) is 11.6 Å². The monoisotopic (exact) mass is 277 g/mol. The number of hydrogen-bond donors (Lipinski definition) is 2. The summed E-state index contributed by atoms with van der Waals surface area (Å²) in [6.45, 7) is 5.67. The number of rotatable bonds is 4. The molecule has 0 radical (unpaired) electrons. The third kappa shape index (κ3) is 3.39. The lowest BCUT2D eigenvalue weighted by atomic mass is 10.0. The van der Waals surface area contributed by atoms with Crippen LogP contribution in [0.2, 0.25) is 0 Å². The molecule has 2 aromatic rings. The van der Waals surface area contributed by atoms with Crippen LogP contribution in [0, 0.1) is 0 Å². The number of pyridine rings is 1. The van der Waals surface area contributed by atoms with Gasteiger partial charge in [0.25, 0.3) is 0 Å². The first-order valence-electron chi connectivity index (χ1n) is 6.73. The number of hydrogen-bond acceptors (Lipinski definition) is 3. The molecule has 0 saturated carbocycles. The Balaban J connectivity index is 2.48. The molecule has 0 atom stereocenters. The van der Waals surface area contributed by atoms with Crippen molar-refractivity contribution in [1.82, 2.24) is 4.98 Å². The maximum atomic E-state index is 6.01. The van der Waals surface area contributed by atoms with Gasteiger partial charge in [0.2, 0.25) is 0 Å². The van der Waals surface area contributed by atoms with Gasteiger partial charge in [-0.05, 0) is 36.3 Å². The molecule has 0 bridgehead atoms. The second kappa shape index (κ2) is 6.57. The van der Waals surface area contributed by atoms with Gasteiger partial charge in [0, 0.05) is 23.0 Å². The quantitative estimate of drug-likeness (QED) is 0.654. The molecule has 2 rings (SSSR count). The third-order valence-corrected chi connectivity index (χ3v) is 3.20. The lowest BCUT2D eigenvalue weighted by Gasteiger charge is -2.09. The average molecular weight is 277 g/mol. The van der Waals surface area contributed by atoms with E-state index in [4.69, 9.17) is 11.5 Å². The van der Waals surface area contributed by atoms with Crippen LogP contribution in [0.4, 0.5) is 11.5 Å². The van der Waals surface area contributed by atoms with Crippen molar-refractivity contribution in [2.24, 2.45) is 0 Å². The van der Waals surface area contributed by atoms with Crippen molar-refractivity contribution in [1.29, 1.82) is 0 Å². The van der Waals surface area contributed by atoms with Crippen molar-refractivity contribution >= 4 is 17.1 Å². The fourth-order valence-corrected chi connectivity index (χ4v) is 2.06. The molecule has 0 spiro atoms. The van der Waals surface area contributed by atoms with Gasteiger partial charge in [-0.15, -0.1) is 0 Å². The van der Waals surface area contributed by atoms with Crippen LogP contribution in [0.3, 0.4) is 0 Å². The molecule has 0 amide bonds. The van der Waals surface area contributed by atoms with Crippen molar-refractivity contribution in [3.8, 4) is 11.1 Å². The molecule has 106 valence electrons. The predicted molar refractivity (Wildman–Crippen MR) is 91.5 cm³/mol. The summed E-state index contributed by atoms with van der Waals surface area (Å²) in [4.78, 5) is 4.30. The molecule has 0 aliphatic carbocycles. The summed E-state index contributed by atoms with van der Waals surface area (Å²) in [7, 11) is 0. The first-order chi connectivity index (χ1) is 10.2. The SMILES string of the molecule is C=C/C=C\C(=C/C)c1cnc(N)c(-c2ccc(N)cc2)c1. The van der Waals surface area contributed by atoms with E-state index >= 15 is 0 Å². The summed E-state index contributed by atoms with van der Waals surface area (Å²) in [5.41, 5.74) is 16.4. The Kier molecular flexibility index (Phi) is 4.57. The Labute approximate surface area is 125 Å². The maximum Gasteiger partial charge on any atom is 0.131 e. The van der Waals surface area contributed by atoms with Gasteiger partial charge in [0.1, 0.15) is 5.82 Å². The standard InChI is InChI=1S/C18H19N3/c1-3-5-6-13(4-2)15-11-17(18(20)21-12-15)14-7-9-16(19)10-8-14/h3-12H,1,19H2,2H3,(H2,20,21)/b6-5-,13-4+. The van der Waals surface area contributed by atoms with E-state index in [1.165, 1.54) is 0 Å². The zero-order chi connectivity index (χ0) is 15.2. The van der Waals surface area contributed by atoms with Crippen molar-refractivity contribution in [2.75, 3.05) is 11.5 Å². The predicted octanol–water partition coefficient (Wildman–Crippen LogP) is 4.06. The molecule has 0 aliphatic rings. The summed E-state index contributed by atoms with van der Waals surface area (Å²) in [5.74, 6) is 0.506. The molecular weight excluding hydrogens is 258 g/mol. The Bertz CT molecular complexity index is 695. The van der Waals surface area contributed by atoms with E-state index in [0.717, 1.165) is 28.0 Å². The van der Waals surface area contributed by atoms with E-state index in [0.29, 0.717) is 5.82 Å². The minimum absolute atomic E-state index is 0.506. The number of anilines is 2. The second-order valence-corrected chi connectivity index (χ2v) is 4.62. The van der Waals surface area contributed by atoms with Crippen LogP contribution in [0.25, 0.3) is 16.7 Å². The summed E-state index contributed by atoms with van der Waals surface area (Å²) in [5, 5.41) is 0. The molecule has 1 heterocycles. The van der Waals surface area contributed by atoms with E-state index in [1.807, 2.05) is 55.5 Å². The number of aromatic nitrogens is 1. The highest BCUT2D eigenvalue weighted by Crippen LogP contribution is 2.28. The van der Waals surface area contributed by atoms with Crippen LogP contribution in [0.1, 0.15) is 12.5 Å². The average Bonchev–Trinajstić information content (AvgIpc) is 2.50. The Hall–Kier alpha value is -2.81. The van der Waals surface area contributed by atoms with Crippen LogP contribution in [0.15, 0.2) is 67.4 Å². The first kappa shape index (κ1) is 14.6. The van der Waals surface area contributed by atoms with E-state index in [1.54, 1.807) is 12.3 Å². The fraction of sp³-hybridized carbons (Fsp3) is 0.0556. The minimum Gasteiger partial charge on any atom is -0.399 e. The molecule has 0 saturated heterocycles. The van der Waals surface area contributed by atoms with E-state index in [-0.39, 0.29) is 0 Å². The van der Waals surface area contributed by atoms with Crippen LogP contribution in [-0.2, 0) is 0 Å². The van der Waals surface area contributed by atoms with Crippen molar-refractivity contribution < 1.29 is 0 Å². The molecule has 0 fully saturated rings. The molecule has 1 aromatic heterocycles. The van der Waals surface area contributed by atoms with Crippen molar-refractivity contribution in [3.05, 3.63) is 73.0 Å². The third-order valence-electron chi connectivity index (χ3n) is 3.20. The molecule has 3 heteroatoms. The topological polar surface area (TPSA) is 64.9 Å². The van der Waals surface area contributed by atoms with Gasteiger partial charge in [-0.1, -0.05) is 43.0 Å². The van der Waals surface area contributed by atoms with Crippen LogP contribution >= 0.6 is 0 Å². The summed E-state index contributed by atoms with van der Waals surface area (Å²) >= 11 is 0. The Morgan fingerprint density at radius 3 is 2.52 bits per heavy atom. The zero-order valence-electron chi connectivity index (χ0n) is 12.1. The lowest BCUT2D eigenvalue weighted by Crippen LogP contribution is -1.96. The Morgan fingerprint density at radius 2 is 1.90 bits per heavy atom.